The zero-order chi connectivity index (χ0) is 26.1. The van der Waals surface area contributed by atoms with Crippen molar-refractivity contribution in [3.63, 3.8) is 0 Å². The molecule has 190 valence electrons. The van der Waals surface area contributed by atoms with Crippen molar-refractivity contribution in [1.82, 2.24) is 10.2 Å². The van der Waals surface area contributed by atoms with Gasteiger partial charge in [0.1, 0.15) is 6.04 Å². The number of ether oxygens (including phenoxy) is 2. The molecule has 6 nitrogen and oxygen atoms in total. The van der Waals surface area contributed by atoms with Crippen LogP contribution in [0, 0.1) is 0 Å². The molecule has 0 saturated heterocycles. The number of nitrogens with one attached hydrogen (secondary N) is 1. The predicted octanol–water partition coefficient (Wildman–Crippen LogP) is 5.33. The van der Waals surface area contributed by atoms with Crippen molar-refractivity contribution in [2.75, 3.05) is 21.3 Å². The first-order valence-electron chi connectivity index (χ1n) is 11.6. The Morgan fingerprint density at radius 3 is 2.17 bits per heavy atom. The molecule has 2 amide bonds. The maximum Gasteiger partial charge on any atom is 0.242 e. The van der Waals surface area contributed by atoms with Gasteiger partial charge in [-0.3, -0.25) is 9.59 Å². The van der Waals surface area contributed by atoms with Crippen LogP contribution in [0.25, 0.3) is 0 Å². The minimum Gasteiger partial charge on any atom is -0.493 e. The summed E-state index contributed by atoms with van der Waals surface area (Å²) in [6.07, 6.45) is 0.988. The maximum absolute atomic E-state index is 13.7. The molecular formula is C28H30Cl2N2O4. The molecule has 3 aromatic carbocycles. The lowest BCUT2D eigenvalue weighted by molar-refractivity contribution is -0.141. The van der Waals surface area contributed by atoms with Crippen LogP contribution in [0.2, 0.25) is 10.0 Å². The second kappa shape index (κ2) is 13.2. The minimum absolute atomic E-state index is 0.105. The second-order valence-electron chi connectivity index (χ2n) is 8.23. The number of amides is 2. The van der Waals surface area contributed by atoms with Gasteiger partial charge in [0.25, 0.3) is 0 Å². The number of carbonyl (C=O) groups is 2. The molecule has 0 unspecified atom stereocenters. The van der Waals surface area contributed by atoms with Crippen molar-refractivity contribution in [2.45, 2.75) is 31.8 Å². The summed E-state index contributed by atoms with van der Waals surface area (Å²) in [7, 11) is 4.71. The van der Waals surface area contributed by atoms with Crippen molar-refractivity contribution in [2.24, 2.45) is 0 Å². The largest absolute Gasteiger partial charge is 0.493 e. The van der Waals surface area contributed by atoms with Crippen molar-refractivity contribution in [1.29, 1.82) is 0 Å². The van der Waals surface area contributed by atoms with Gasteiger partial charge in [-0.2, -0.15) is 0 Å². The Morgan fingerprint density at radius 1 is 0.889 bits per heavy atom. The topological polar surface area (TPSA) is 67.9 Å². The van der Waals surface area contributed by atoms with Gasteiger partial charge < -0.3 is 19.7 Å². The van der Waals surface area contributed by atoms with E-state index in [4.69, 9.17) is 32.7 Å². The van der Waals surface area contributed by atoms with E-state index in [0.29, 0.717) is 39.9 Å². The summed E-state index contributed by atoms with van der Waals surface area (Å²) in [5, 5.41) is 3.59. The van der Waals surface area contributed by atoms with Crippen LogP contribution in [0.5, 0.6) is 11.5 Å². The number of rotatable bonds is 11. The van der Waals surface area contributed by atoms with Crippen LogP contribution in [-0.4, -0.2) is 44.0 Å². The molecule has 0 heterocycles. The lowest BCUT2D eigenvalue weighted by atomic mass is 10.0. The van der Waals surface area contributed by atoms with E-state index in [0.717, 1.165) is 11.1 Å². The predicted molar refractivity (Wildman–Crippen MR) is 143 cm³/mol. The fourth-order valence-electron chi connectivity index (χ4n) is 4.01. The van der Waals surface area contributed by atoms with Crippen molar-refractivity contribution in [3.05, 3.63) is 93.5 Å². The number of hydrogen-bond donors (Lipinski definition) is 1. The first-order valence-corrected chi connectivity index (χ1v) is 12.3. The second-order valence-corrected chi connectivity index (χ2v) is 9.05. The van der Waals surface area contributed by atoms with E-state index < -0.39 is 6.04 Å². The summed E-state index contributed by atoms with van der Waals surface area (Å²) in [6.45, 7) is 0.105. The highest BCUT2D eigenvalue weighted by atomic mass is 35.5. The summed E-state index contributed by atoms with van der Waals surface area (Å²) in [6, 6.07) is 19.6. The molecule has 36 heavy (non-hydrogen) atoms. The molecule has 0 radical (unpaired) electrons. The summed E-state index contributed by atoms with van der Waals surface area (Å²) >= 11 is 12.9. The monoisotopic (exact) mass is 528 g/mol. The number of hydrogen-bond acceptors (Lipinski definition) is 4. The molecule has 3 aromatic rings. The molecule has 1 atom stereocenters. The fourth-order valence-corrected chi connectivity index (χ4v) is 4.52. The minimum atomic E-state index is -0.748. The van der Waals surface area contributed by atoms with E-state index >= 15 is 0 Å². The number of benzene rings is 3. The van der Waals surface area contributed by atoms with Gasteiger partial charge in [0, 0.05) is 42.0 Å². The van der Waals surface area contributed by atoms with Gasteiger partial charge in [0.05, 0.1) is 14.2 Å². The highest BCUT2D eigenvalue weighted by Crippen LogP contribution is 2.29. The molecule has 3 rings (SSSR count). The summed E-state index contributed by atoms with van der Waals surface area (Å²) in [5.74, 6) is 0.756. The first kappa shape index (κ1) is 27.4. The molecule has 0 bridgehead atoms. The fraction of sp³-hybridized carbons (Fsp3) is 0.286. The molecule has 0 aliphatic rings. The van der Waals surface area contributed by atoms with Gasteiger partial charge in [-0.1, -0.05) is 65.7 Å². The van der Waals surface area contributed by atoms with Crippen molar-refractivity contribution in [3.8, 4) is 11.5 Å². The third-order valence-electron chi connectivity index (χ3n) is 5.98. The molecule has 8 heteroatoms. The third-order valence-corrected chi connectivity index (χ3v) is 6.69. The average molecular weight is 529 g/mol. The van der Waals surface area contributed by atoms with E-state index in [-0.39, 0.29) is 24.8 Å². The Morgan fingerprint density at radius 2 is 1.56 bits per heavy atom. The van der Waals surface area contributed by atoms with E-state index in [2.05, 4.69) is 5.32 Å². The Labute approximate surface area is 222 Å². The van der Waals surface area contributed by atoms with Gasteiger partial charge in [0.2, 0.25) is 11.8 Å². The van der Waals surface area contributed by atoms with Gasteiger partial charge >= 0.3 is 0 Å². The number of likely N-dealkylation sites (N-methyl/N-ethyl adjacent to an activating group) is 1. The smallest absolute Gasteiger partial charge is 0.242 e. The number of nitrogens with zero attached hydrogens (tertiary/aromatic N) is 1. The quantitative estimate of drug-likeness (QED) is 0.365. The lowest BCUT2D eigenvalue weighted by Crippen LogP contribution is -2.49. The Bertz CT molecular complexity index is 1170. The number of aryl methyl sites for hydroxylation is 1. The van der Waals surface area contributed by atoms with E-state index in [1.54, 1.807) is 44.4 Å². The molecule has 0 fully saturated rings. The maximum atomic E-state index is 13.7. The summed E-state index contributed by atoms with van der Waals surface area (Å²) in [4.78, 5) is 28.3. The van der Waals surface area contributed by atoms with Gasteiger partial charge in [-0.25, -0.2) is 0 Å². The highest BCUT2D eigenvalue weighted by molar-refractivity contribution is 6.36. The number of methoxy groups -OCH3 is 2. The molecular weight excluding hydrogens is 499 g/mol. The summed E-state index contributed by atoms with van der Waals surface area (Å²) < 4.78 is 10.7. The van der Waals surface area contributed by atoms with Crippen LogP contribution >= 0.6 is 23.2 Å². The van der Waals surface area contributed by atoms with Crippen LogP contribution in [-0.2, 0) is 29.0 Å². The number of carbonyl (C=O) groups excluding carboxylic acids is 2. The van der Waals surface area contributed by atoms with E-state index in [1.165, 1.54) is 0 Å². The Hall–Kier alpha value is -3.22. The highest BCUT2D eigenvalue weighted by Gasteiger charge is 2.30. The Balaban J connectivity index is 1.91. The van der Waals surface area contributed by atoms with Crippen molar-refractivity contribution >= 4 is 35.0 Å². The van der Waals surface area contributed by atoms with Gasteiger partial charge in [0.15, 0.2) is 11.5 Å². The van der Waals surface area contributed by atoms with Gasteiger partial charge in [-0.05, 0) is 41.8 Å². The lowest BCUT2D eigenvalue weighted by Gasteiger charge is -2.32. The standard InChI is InChI=1S/C28H30Cl2N2O4/c1-31-28(34)24(16-19-8-5-4-6-9-19)32(18-21-22(29)10-7-11-23(21)30)27(33)15-13-20-12-14-25(35-2)26(17-20)36-3/h4-12,14,17,24H,13,15-16,18H2,1-3H3,(H,31,34)/t24-/m1/s1. The Kier molecular flexibility index (Phi) is 10.0. The molecule has 0 aromatic heterocycles. The van der Waals surface area contributed by atoms with Crippen LogP contribution in [0.3, 0.4) is 0 Å². The van der Waals surface area contributed by atoms with Crippen LogP contribution < -0.4 is 14.8 Å². The van der Waals surface area contributed by atoms with Crippen LogP contribution in [0.15, 0.2) is 66.7 Å². The van der Waals surface area contributed by atoms with Crippen molar-refractivity contribution < 1.29 is 19.1 Å². The zero-order valence-electron chi connectivity index (χ0n) is 20.6. The molecule has 0 aliphatic heterocycles. The zero-order valence-corrected chi connectivity index (χ0v) is 22.1. The first-order chi connectivity index (χ1) is 17.4. The summed E-state index contributed by atoms with van der Waals surface area (Å²) in [5.41, 5.74) is 2.45. The SMILES string of the molecule is CNC(=O)[C@@H](Cc1ccccc1)N(Cc1c(Cl)cccc1Cl)C(=O)CCc1ccc(OC)c(OC)c1. The molecule has 1 N–H and O–H groups in total. The molecule has 0 saturated carbocycles. The molecule has 0 spiro atoms. The molecule has 0 aliphatic carbocycles. The normalized spacial score (nSPS) is 11.5. The van der Waals surface area contributed by atoms with Gasteiger partial charge in [-0.15, -0.1) is 0 Å². The number of halogens is 2. The third kappa shape index (κ3) is 6.93. The average Bonchev–Trinajstić information content (AvgIpc) is 2.90. The van der Waals surface area contributed by atoms with E-state index in [1.807, 2.05) is 48.5 Å². The van der Waals surface area contributed by atoms with Crippen LogP contribution in [0.1, 0.15) is 23.1 Å². The van der Waals surface area contributed by atoms with Crippen LogP contribution in [0.4, 0.5) is 0 Å². The van der Waals surface area contributed by atoms with E-state index in [9.17, 15) is 9.59 Å².